The summed E-state index contributed by atoms with van der Waals surface area (Å²) >= 11 is 0. The van der Waals surface area contributed by atoms with Gasteiger partial charge < -0.3 is 14.7 Å². The summed E-state index contributed by atoms with van der Waals surface area (Å²) in [7, 11) is 0. The number of hydrogen-bond acceptors (Lipinski definition) is 3. The van der Waals surface area contributed by atoms with E-state index >= 15 is 0 Å². The zero-order valence-corrected chi connectivity index (χ0v) is 13.7. The molecule has 0 saturated carbocycles. The number of rotatable bonds is 4. The second kappa shape index (κ2) is 6.93. The fourth-order valence-corrected chi connectivity index (χ4v) is 3.10. The lowest BCUT2D eigenvalue weighted by molar-refractivity contribution is -0.154. The van der Waals surface area contributed by atoms with Crippen LogP contribution in [-0.2, 0) is 16.0 Å². The van der Waals surface area contributed by atoms with Gasteiger partial charge in [0, 0.05) is 12.6 Å². The van der Waals surface area contributed by atoms with E-state index in [0.29, 0.717) is 18.5 Å². The van der Waals surface area contributed by atoms with E-state index in [-0.39, 0.29) is 5.75 Å². The number of halogens is 1. The summed E-state index contributed by atoms with van der Waals surface area (Å²) in [6.07, 6.45) is -0.341. The van der Waals surface area contributed by atoms with Crippen molar-refractivity contribution in [3.63, 3.8) is 0 Å². The van der Waals surface area contributed by atoms with E-state index in [1.54, 1.807) is 18.2 Å². The number of aliphatic carboxylic acids is 1. The number of carboxylic acids is 1. The second-order valence-electron chi connectivity index (χ2n) is 5.94. The van der Waals surface area contributed by atoms with Crippen molar-refractivity contribution < 1.29 is 23.8 Å². The number of fused-ring (bicyclic) bond motifs is 1. The van der Waals surface area contributed by atoms with Crippen LogP contribution in [0.4, 0.5) is 4.39 Å². The lowest BCUT2D eigenvalue weighted by Crippen LogP contribution is -2.48. The summed E-state index contributed by atoms with van der Waals surface area (Å²) in [5, 5.41) is 9.63. The molecule has 6 heteroatoms. The molecule has 0 aliphatic carbocycles. The lowest BCUT2D eigenvalue weighted by atomic mass is 9.92. The fourth-order valence-electron chi connectivity index (χ4n) is 3.10. The Morgan fingerprint density at radius 2 is 2.00 bits per heavy atom. The molecular formula is C19H18FNO4. The third-order valence-electron chi connectivity index (χ3n) is 4.26. The molecule has 25 heavy (non-hydrogen) atoms. The maximum Gasteiger partial charge on any atom is 0.331 e. The number of hydrogen-bond donors (Lipinski definition) is 1. The highest BCUT2D eigenvalue weighted by atomic mass is 19.1. The van der Waals surface area contributed by atoms with Gasteiger partial charge >= 0.3 is 5.97 Å². The van der Waals surface area contributed by atoms with Gasteiger partial charge in [-0.2, -0.15) is 0 Å². The van der Waals surface area contributed by atoms with Gasteiger partial charge in [0.05, 0.1) is 0 Å². The molecule has 2 unspecified atom stereocenters. The molecular weight excluding hydrogens is 325 g/mol. The Bertz CT molecular complexity index is 808. The minimum Gasteiger partial charge on any atom is -0.481 e. The minimum atomic E-state index is -1.08. The number of carbonyl (C=O) groups is 2. The topological polar surface area (TPSA) is 66.8 Å². The Hall–Kier alpha value is -2.89. The first-order valence-electron chi connectivity index (χ1n) is 8.00. The molecule has 0 fully saturated rings. The quantitative estimate of drug-likeness (QED) is 0.927. The first-order valence-corrected chi connectivity index (χ1v) is 8.00. The summed E-state index contributed by atoms with van der Waals surface area (Å²) in [6.45, 7) is 1.83. The van der Waals surface area contributed by atoms with Gasteiger partial charge in [-0.15, -0.1) is 0 Å². The molecule has 0 aromatic heterocycles. The van der Waals surface area contributed by atoms with Crippen molar-refractivity contribution >= 4 is 11.9 Å². The molecule has 2 atom stereocenters. The van der Waals surface area contributed by atoms with Crippen molar-refractivity contribution in [2.24, 2.45) is 0 Å². The van der Waals surface area contributed by atoms with Crippen LogP contribution in [-0.4, -0.2) is 34.5 Å². The van der Waals surface area contributed by atoms with Crippen LogP contribution < -0.4 is 4.74 Å². The molecule has 1 amide bonds. The molecule has 0 radical (unpaired) electrons. The Morgan fingerprint density at radius 3 is 2.72 bits per heavy atom. The minimum absolute atomic E-state index is 0.227. The molecule has 5 nitrogen and oxygen atoms in total. The highest BCUT2D eigenvalue weighted by molar-refractivity contribution is 5.88. The van der Waals surface area contributed by atoms with Gasteiger partial charge in [-0.3, -0.25) is 4.79 Å². The number of ether oxygens (including phenoxy) is 1. The SMILES string of the molecule is CC(Oc1cccc(F)c1)C(=O)N1CCc2ccccc2C1C(=O)O. The molecule has 0 spiro atoms. The van der Waals surface area contributed by atoms with Crippen LogP contribution >= 0.6 is 0 Å². The monoisotopic (exact) mass is 343 g/mol. The molecule has 0 bridgehead atoms. The van der Waals surface area contributed by atoms with Crippen molar-refractivity contribution in [1.29, 1.82) is 0 Å². The van der Waals surface area contributed by atoms with Crippen LogP contribution in [0.2, 0.25) is 0 Å². The van der Waals surface area contributed by atoms with Crippen LogP contribution in [0.25, 0.3) is 0 Å². The van der Waals surface area contributed by atoms with Crippen LogP contribution in [0.15, 0.2) is 48.5 Å². The van der Waals surface area contributed by atoms with Crippen LogP contribution in [0.3, 0.4) is 0 Å². The number of carbonyl (C=O) groups excluding carboxylic acids is 1. The van der Waals surface area contributed by atoms with Crippen LogP contribution in [0, 0.1) is 5.82 Å². The standard InChI is InChI=1S/C19H18FNO4/c1-12(25-15-7-4-6-14(20)11-15)18(22)21-10-9-13-5-2-3-8-16(13)17(21)19(23)24/h2-8,11-12,17H,9-10H2,1H3,(H,23,24). The molecule has 130 valence electrons. The predicted octanol–water partition coefficient (Wildman–Crippen LogP) is 2.80. The average molecular weight is 343 g/mol. The number of benzene rings is 2. The van der Waals surface area contributed by atoms with E-state index in [1.807, 2.05) is 12.1 Å². The first-order chi connectivity index (χ1) is 12.0. The van der Waals surface area contributed by atoms with Crippen LogP contribution in [0.5, 0.6) is 5.75 Å². The number of carboxylic acid groups (broad SMARTS) is 1. The molecule has 1 aliphatic rings. The van der Waals surface area contributed by atoms with E-state index in [9.17, 15) is 19.1 Å². The maximum atomic E-state index is 13.3. The van der Waals surface area contributed by atoms with Crippen LogP contribution in [0.1, 0.15) is 24.1 Å². The Balaban J connectivity index is 1.82. The molecule has 1 aliphatic heterocycles. The Kier molecular flexibility index (Phi) is 4.70. The van der Waals surface area contributed by atoms with Gasteiger partial charge in [0.1, 0.15) is 11.6 Å². The van der Waals surface area contributed by atoms with E-state index in [4.69, 9.17) is 4.74 Å². The van der Waals surface area contributed by atoms with Gasteiger partial charge in [0.25, 0.3) is 5.91 Å². The van der Waals surface area contributed by atoms with Crippen molar-refractivity contribution in [2.45, 2.75) is 25.5 Å². The van der Waals surface area contributed by atoms with E-state index in [1.165, 1.54) is 30.0 Å². The maximum absolute atomic E-state index is 13.3. The van der Waals surface area contributed by atoms with Gasteiger partial charge in [0.15, 0.2) is 12.1 Å². The van der Waals surface area contributed by atoms with E-state index < -0.39 is 29.8 Å². The third kappa shape index (κ3) is 3.47. The van der Waals surface area contributed by atoms with Gasteiger partial charge in [0.2, 0.25) is 0 Å². The van der Waals surface area contributed by atoms with Gasteiger partial charge in [-0.05, 0) is 36.6 Å². The Labute approximate surface area is 144 Å². The largest absolute Gasteiger partial charge is 0.481 e. The van der Waals surface area contributed by atoms with Crippen molar-refractivity contribution in [2.75, 3.05) is 6.54 Å². The molecule has 2 aromatic carbocycles. The fraction of sp³-hybridized carbons (Fsp3) is 0.263. The average Bonchev–Trinajstić information content (AvgIpc) is 2.59. The normalized spacial score (nSPS) is 17.5. The van der Waals surface area contributed by atoms with Crippen molar-refractivity contribution in [1.82, 2.24) is 4.90 Å². The van der Waals surface area contributed by atoms with Gasteiger partial charge in [-0.25, -0.2) is 9.18 Å². The molecule has 3 rings (SSSR count). The van der Waals surface area contributed by atoms with Crippen molar-refractivity contribution in [3.05, 3.63) is 65.5 Å². The Morgan fingerprint density at radius 1 is 1.24 bits per heavy atom. The highest BCUT2D eigenvalue weighted by Gasteiger charge is 2.37. The molecule has 2 aromatic rings. The summed E-state index contributed by atoms with van der Waals surface area (Å²) in [6, 6.07) is 11.7. The molecule has 1 heterocycles. The third-order valence-corrected chi connectivity index (χ3v) is 4.26. The summed E-state index contributed by atoms with van der Waals surface area (Å²) in [4.78, 5) is 25.8. The second-order valence-corrected chi connectivity index (χ2v) is 5.94. The zero-order chi connectivity index (χ0) is 18.0. The zero-order valence-electron chi connectivity index (χ0n) is 13.7. The number of nitrogens with zero attached hydrogens (tertiary/aromatic N) is 1. The molecule has 0 saturated heterocycles. The van der Waals surface area contributed by atoms with Crippen molar-refractivity contribution in [3.8, 4) is 5.75 Å². The van der Waals surface area contributed by atoms with E-state index in [0.717, 1.165) is 5.56 Å². The number of amides is 1. The van der Waals surface area contributed by atoms with E-state index in [2.05, 4.69) is 0 Å². The lowest BCUT2D eigenvalue weighted by Gasteiger charge is -2.36. The summed E-state index contributed by atoms with van der Waals surface area (Å²) in [5.74, 6) is -1.76. The summed E-state index contributed by atoms with van der Waals surface area (Å²) in [5.41, 5.74) is 1.55. The predicted molar refractivity (Wildman–Crippen MR) is 88.7 cm³/mol. The first kappa shape index (κ1) is 17.0. The highest BCUT2D eigenvalue weighted by Crippen LogP contribution is 2.30. The van der Waals surface area contributed by atoms with Gasteiger partial charge in [-0.1, -0.05) is 30.3 Å². The summed E-state index contributed by atoms with van der Waals surface area (Å²) < 4.78 is 18.8. The molecule has 1 N–H and O–H groups in total. The smallest absolute Gasteiger partial charge is 0.331 e.